The van der Waals surface area contributed by atoms with Crippen LogP contribution in [0.5, 0.6) is 0 Å². The van der Waals surface area contributed by atoms with Gasteiger partial charge in [0.25, 0.3) is 5.56 Å². The fourth-order valence-corrected chi connectivity index (χ4v) is 9.19. The zero-order chi connectivity index (χ0) is 40.4. The summed E-state index contributed by atoms with van der Waals surface area (Å²) in [6.45, 7) is 7.40. The number of H-pyrrole nitrogens is 1. The van der Waals surface area contributed by atoms with Crippen LogP contribution in [0.1, 0.15) is 103 Å². The number of nitrogens with zero attached hydrogens (tertiary/aromatic N) is 2. The molecular formula is C41H52F3N5O7. The summed E-state index contributed by atoms with van der Waals surface area (Å²) in [5, 5.41) is 5.65. The van der Waals surface area contributed by atoms with Crippen LogP contribution in [0.15, 0.2) is 52.1 Å². The Morgan fingerprint density at radius 3 is 2.52 bits per heavy atom. The first-order chi connectivity index (χ1) is 26.6. The van der Waals surface area contributed by atoms with E-state index in [4.69, 9.17) is 4.74 Å². The number of unbranched alkanes of at least 4 members (excludes halogenated alkanes) is 1. The van der Waals surface area contributed by atoms with Crippen LogP contribution < -0.4 is 21.9 Å². The van der Waals surface area contributed by atoms with E-state index in [2.05, 4.69) is 22.2 Å². The van der Waals surface area contributed by atoms with E-state index >= 15 is 0 Å². The molecule has 3 aliphatic carbocycles. The van der Waals surface area contributed by atoms with E-state index in [9.17, 15) is 41.9 Å². The SMILES string of the molecule is C=C[C@H](C)C(NC(=O)[C@@H]1CCCN1C(=O)C(C=C1CCCC1)NC(=O)O[C@@H]1CCCC12CC2CCCCn1c(=O)[nH]c2cc(C(F)(F)F)ccc2c1=O)C(C)=O. The molecular weight excluding hydrogens is 731 g/mol. The number of Topliss-reactive ketones (excluding diaryl/α,β-unsaturated/α-hetero) is 1. The number of carbonyl (C=O) groups is 4. The molecule has 12 nitrogen and oxygen atoms in total. The van der Waals surface area contributed by atoms with Crippen molar-refractivity contribution in [2.24, 2.45) is 17.3 Å². The fraction of sp³-hybridized carbons (Fsp3) is 0.610. The molecule has 1 saturated heterocycles. The van der Waals surface area contributed by atoms with Gasteiger partial charge in [-0.05, 0) is 108 Å². The number of aromatic amines is 1. The van der Waals surface area contributed by atoms with Crippen LogP contribution in [0.2, 0.25) is 0 Å². The minimum absolute atomic E-state index is 0.00816. The van der Waals surface area contributed by atoms with Crippen LogP contribution in [0.3, 0.4) is 0 Å². The Morgan fingerprint density at radius 2 is 1.82 bits per heavy atom. The van der Waals surface area contributed by atoms with Crippen LogP contribution in [0.25, 0.3) is 10.9 Å². The first kappa shape index (κ1) is 41.0. The molecule has 1 aromatic heterocycles. The second-order valence-corrected chi connectivity index (χ2v) is 16.1. The third kappa shape index (κ3) is 8.81. The van der Waals surface area contributed by atoms with Gasteiger partial charge in [-0.1, -0.05) is 31.1 Å². The first-order valence-corrected chi connectivity index (χ1v) is 19.9. The number of ether oxygens (including phenoxy) is 1. The lowest BCUT2D eigenvalue weighted by atomic mass is 9.96. The van der Waals surface area contributed by atoms with Crippen LogP contribution in [0, 0.1) is 17.3 Å². The van der Waals surface area contributed by atoms with Gasteiger partial charge in [-0.2, -0.15) is 13.2 Å². The van der Waals surface area contributed by atoms with Crippen molar-refractivity contribution < 1.29 is 37.1 Å². The fourth-order valence-electron chi connectivity index (χ4n) is 9.19. The van der Waals surface area contributed by atoms with Crippen molar-refractivity contribution in [1.82, 2.24) is 25.1 Å². The van der Waals surface area contributed by atoms with Crippen LogP contribution >= 0.6 is 0 Å². The molecule has 0 radical (unpaired) electrons. The van der Waals surface area contributed by atoms with Gasteiger partial charge in [-0.15, -0.1) is 6.58 Å². The number of hydrogen-bond donors (Lipinski definition) is 3. The minimum atomic E-state index is -4.60. The maximum Gasteiger partial charge on any atom is 0.416 e. The number of amides is 3. The zero-order valence-corrected chi connectivity index (χ0v) is 32.1. The number of benzene rings is 1. The van der Waals surface area contributed by atoms with Crippen molar-refractivity contribution in [3.63, 3.8) is 0 Å². The highest BCUT2D eigenvalue weighted by molar-refractivity contribution is 5.95. The molecule has 0 bridgehead atoms. The number of alkyl carbamates (subject to hydrolysis) is 1. The number of rotatable bonds is 14. The van der Waals surface area contributed by atoms with Gasteiger partial charge in [0.2, 0.25) is 11.8 Å². The quantitative estimate of drug-likeness (QED) is 0.159. The number of carbonyl (C=O) groups excluding carboxylic acids is 4. The molecule has 304 valence electrons. The topological polar surface area (TPSA) is 160 Å². The third-order valence-electron chi connectivity index (χ3n) is 12.4. The molecule has 6 rings (SSSR count). The molecule has 4 aliphatic rings. The van der Waals surface area contributed by atoms with Crippen LogP contribution in [-0.2, 0) is 31.8 Å². The Bertz CT molecular complexity index is 2000. The maximum absolute atomic E-state index is 14.1. The predicted octanol–water partition coefficient (Wildman–Crippen LogP) is 5.92. The molecule has 2 heterocycles. The number of alkyl halides is 3. The zero-order valence-electron chi connectivity index (χ0n) is 32.1. The number of likely N-dealkylation sites (tertiary alicyclic amines) is 1. The van der Waals surface area contributed by atoms with Gasteiger partial charge >= 0.3 is 18.0 Å². The summed E-state index contributed by atoms with van der Waals surface area (Å²) in [6.07, 6.45) is 7.77. The van der Waals surface area contributed by atoms with E-state index < -0.39 is 59.0 Å². The van der Waals surface area contributed by atoms with E-state index in [0.29, 0.717) is 38.6 Å². The number of fused-ring (bicyclic) bond motifs is 1. The van der Waals surface area contributed by atoms with Crippen molar-refractivity contribution >= 4 is 34.6 Å². The van der Waals surface area contributed by atoms with Crippen LogP contribution in [-0.4, -0.2) is 68.9 Å². The standard InChI is InChI=1S/C41H52F3N5O7/c1-4-24(2)34(25(3)50)47-35(51)32-14-10-20-48(32)37(53)31(21-26-11-5-6-12-26)46-39(55)56-33-15-9-18-40(33)23-28(40)13-7-8-19-49-36(52)29-17-16-27(41(42,43)44)22-30(29)45-38(49)54/h4,16-17,21-22,24,28,31-34H,1,5-15,18-20,23H2,2-3H3,(H,45,54)(H,46,55)(H,47,51)/t24-,28?,31?,32-,33+,34?,40?/m0/s1. The summed E-state index contributed by atoms with van der Waals surface area (Å²) in [5.41, 5.74) is -1.61. The minimum Gasteiger partial charge on any atom is -0.446 e. The van der Waals surface area contributed by atoms with Crippen LogP contribution in [0.4, 0.5) is 18.0 Å². The Labute approximate surface area is 323 Å². The number of hydrogen-bond acceptors (Lipinski definition) is 7. The summed E-state index contributed by atoms with van der Waals surface area (Å²) in [5.74, 6) is -1.02. The van der Waals surface area contributed by atoms with Crippen molar-refractivity contribution in [1.29, 1.82) is 0 Å². The van der Waals surface area contributed by atoms with E-state index in [0.717, 1.165) is 79.7 Å². The van der Waals surface area contributed by atoms with Gasteiger partial charge in [-0.3, -0.25) is 23.7 Å². The molecule has 2 aromatic rings. The second-order valence-electron chi connectivity index (χ2n) is 16.1. The number of nitrogens with one attached hydrogen (secondary N) is 3. The normalized spacial score (nSPS) is 24.8. The largest absolute Gasteiger partial charge is 0.446 e. The van der Waals surface area contributed by atoms with Crippen molar-refractivity contribution in [2.45, 2.75) is 134 Å². The average molecular weight is 784 g/mol. The Morgan fingerprint density at radius 1 is 1.07 bits per heavy atom. The second kappa shape index (κ2) is 16.8. The maximum atomic E-state index is 14.1. The molecule has 15 heteroatoms. The highest BCUT2D eigenvalue weighted by Gasteiger charge is 2.61. The number of aromatic nitrogens is 2. The lowest BCUT2D eigenvalue weighted by Crippen LogP contribution is -2.55. The number of halogens is 3. The molecule has 4 unspecified atom stereocenters. The lowest BCUT2D eigenvalue weighted by molar-refractivity contribution is -0.140. The summed E-state index contributed by atoms with van der Waals surface area (Å²) in [7, 11) is 0. The summed E-state index contributed by atoms with van der Waals surface area (Å²) < 4.78 is 46.5. The molecule has 3 saturated carbocycles. The van der Waals surface area contributed by atoms with Crippen molar-refractivity contribution in [3.8, 4) is 0 Å². The van der Waals surface area contributed by atoms with Gasteiger partial charge in [0.05, 0.1) is 22.5 Å². The predicted molar refractivity (Wildman–Crippen MR) is 203 cm³/mol. The summed E-state index contributed by atoms with van der Waals surface area (Å²) >= 11 is 0. The molecule has 56 heavy (non-hydrogen) atoms. The molecule has 1 aromatic carbocycles. The van der Waals surface area contributed by atoms with E-state index in [1.807, 2.05) is 0 Å². The highest BCUT2D eigenvalue weighted by atomic mass is 19.4. The van der Waals surface area contributed by atoms with Gasteiger partial charge in [-0.25, -0.2) is 9.59 Å². The average Bonchev–Trinajstić information content (AvgIpc) is 3.58. The highest BCUT2D eigenvalue weighted by Crippen LogP contribution is 2.65. The Kier molecular flexibility index (Phi) is 12.3. The molecule has 3 amide bonds. The Balaban J connectivity index is 1.05. The van der Waals surface area contributed by atoms with E-state index in [1.165, 1.54) is 11.8 Å². The van der Waals surface area contributed by atoms with Gasteiger partial charge < -0.3 is 25.3 Å². The third-order valence-corrected chi connectivity index (χ3v) is 12.4. The molecule has 1 aliphatic heterocycles. The summed E-state index contributed by atoms with van der Waals surface area (Å²) in [6, 6.07) is 0.129. The first-order valence-electron chi connectivity index (χ1n) is 19.9. The number of allylic oxidation sites excluding steroid dienone is 1. The molecule has 1 spiro atoms. The molecule has 4 fully saturated rings. The van der Waals surface area contributed by atoms with E-state index in [1.54, 1.807) is 19.1 Å². The summed E-state index contributed by atoms with van der Waals surface area (Å²) in [4.78, 5) is 82.9. The molecule has 7 atom stereocenters. The smallest absolute Gasteiger partial charge is 0.416 e. The molecule has 3 N–H and O–H groups in total. The number of ketones is 1. The van der Waals surface area contributed by atoms with Crippen molar-refractivity contribution in [3.05, 3.63) is 68.9 Å². The van der Waals surface area contributed by atoms with Gasteiger partial charge in [0.15, 0.2) is 5.78 Å². The van der Waals surface area contributed by atoms with E-state index in [-0.39, 0.29) is 46.6 Å². The monoisotopic (exact) mass is 783 g/mol. The lowest BCUT2D eigenvalue weighted by Gasteiger charge is -2.30. The Hall–Kier alpha value is -4.69. The van der Waals surface area contributed by atoms with Crippen molar-refractivity contribution in [2.75, 3.05) is 6.54 Å². The van der Waals surface area contributed by atoms with Gasteiger partial charge in [0.1, 0.15) is 18.2 Å². The van der Waals surface area contributed by atoms with Gasteiger partial charge in [0, 0.05) is 24.4 Å².